The number of alkyl halides is 4. The quantitative estimate of drug-likeness (QED) is 0.210. The van der Waals surface area contributed by atoms with Crippen molar-refractivity contribution in [2.75, 3.05) is 58.0 Å². The fourth-order valence-electron chi connectivity index (χ4n) is 4.30. The van der Waals surface area contributed by atoms with Gasteiger partial charge in [-0.05, 0) is 50.2 Å². The van der Waals surface area contributed by atoms with E-state index in [0.717, 1.165) is 6.54 Å². The van der Waals surface area contributed by atoms with Crippen molar-refractivity contribution < 1.29 is 27.1 Å². The van der Waals surface area contributed by atoms with Crippen LogP contribution in [-0.4, -0.2) is 84.2 Å². The molecular formula is C26H29F4N7O2S. The van der Waals surface area contributed by atoms with Gasteiger partial charge in [0.15, 0.2) is 5.65 Å². The van der Waals surface area contributed by atoms with Crippen molar-refractivity contribution in [3.8, 4) is 17.7 Å². The number of aromatic nitrogens is 3. The number of amides is 1. The second kappa shape index (κ2) is 12.6. The van der Waals surface area contributed by atoms with Crippen LogP contribution in [0.2, 0.25) is 0 Å². The average molecular weight is 580 g/mol. The lowest BCUT2D eigenvalue weighted by atomic mass is 9.95. The van der Waals surface area contributed by atoms with Crippen LogP contribution in [0.1, 0.15) is 22.6 Å². The minimum Gasteiger partial charge on any atom is -0.480 e. The summed E-state index contributed by atoms with van der Waals surface area (Å²) in [7, 11) is 4.75. The summed E-state index contributed by atoms with van der Waals surface area (Å²) in [6.07, 6.45) is 1.17. The summed E-state index contributed by atoms with van der Waals surface area (Å²) in [6.45, 7) is 1.50. The molecule has 1 fully saturated rings. The summed E-state index contributed by atoms with van der Waals surface area (Å²) in [5.41, 5.74) is -3.22. The van der Waals surface area contributed by atoms with E-state index in [2.05, 4.69) is 37.8 Å². The monoisotopic (exact) mass is 579 g/mol. The summed E-state index contributed by atoms with van der Waals surface area (Å²) in [4.78, 5) is 22.3. The van der Waals surface area contributed by atoms with Gasteiger partial charge in [-0.3, -0.25) is 9.20 Å². The van der Waals surface area contributed by atoms with E-state index in [-0.39, 0.29) is 58.1 Å². The molecule has 2 atom stereocenters. The van der Waals surface area contributed by atoms with Gasteiger partial charge in [0.1, 0.15) is 22.6 Å². The van der Waals surface area contributed by atoms with Crippen molar-refractivity contribution in [3.05, 3.63) is 41.9 Å². The van der Waals surface area contributed by atoms with E-state index in [4.69, 9.17) is 4.74 Å². The second-order valence-electron chi connectivity index (χ2n) is 9.12. The number of anilines is 2. The van der Waals surface area contributed by atoms with Crippen molar-refractivity contribution >= 4 is 34.7 Å². The maximum atomic E-state index is 14.5. The van der Waals surface area contributed by atoms with Crippen LogP contribution in [0, 0.1) is 17.8 Å². The first-order valence-electron chi connectivity index (χ1n) is 12.4. The number of fused-ring (bicyclic) bond motifs is 1. The Morgan fingerprint density at radius 2 is 2.02 bits per heavy atom. The van der Waals surface area contributed by atoms with Crippen molar-refractivity contribution in [1.29, 1.82) is 0 Å². The maximum absolute atomic E-state index is 14.5. The Bertz CT molecular complexity index is 1420. The zero-order valence-electron chi connectivity index (χ0n) is 22.1. The van der Waals surface area contributed by atoms with E-state index in [1.807, 2.05) is 11.9 Å². The fraction of sp³-hybridized carbons (Fsp3) is 0.423. The van der Waals surface area contributed by atoms with Gasteiger partial charge in [-0.25, -0.2) is 14.4 Å². The van der Waals surface area contributed by atoms with E-state index in [0.29, 0.717) is 30.9 Å². The lowest BCUT2D eigenvalue weighted by molar-refractivity contribution is -0.0330. The third-order valence-electron chi connectivity index (χ3n) is 6.34. The second-order valence-corrected chi connectivity index (χ2v) is 10.2. The summed E-state index contributed by atoms with van der Waals surface area (Å²) < 4.78 is 61.4. The molecule has 14 heteroatoms. The van der Waals surface area contributed by atoms with Crippen LogP contribution in [0.4, 0.5) is 28.9 Å². The summed E-state index contributed by atoms with van der Waals surface area (Å²) in [5, 5.41) is 8.47. The minimum atomic E-state index is -4.56. The third kappa shape index (κ3) is 7.08. The van der Waals surface area contributed by atoms with Gasteiger partial charge in [0, 0.05) is 44.0 Å². The molecule has 0 aliphatic carbocycles. The summed E-state index contributed by atoms with van der Waals surface area (Å²) in [5.74, 6) is 5.11. The number of likely N-dealkylation sites (tertiary alicyclic amines) is 1. The number of thioether (sulfide) groups is 1. The van der Waals surface area contributed by atoms with E-state index in [1.165, 1.54) is 30.8 Å². The number of hydrogen-bond donors (Lipinski definition) is 3. The number of nitrogens with one attached hydrogen (secondary N) is 3. The molecule has 9 nitrogen and oxygen atoms in total. The van der Waals surface area contributed by atoms with E-state index in [9.17, 15) is 22.4 Å². The molecule has 3 aromatic rings. The number of carbonyl (C=O) groups is 1. The topological polar surface area (TPSA) is 95.8 Å². The third-order valence-corrected chi connectivity index (χ3v) is 7.15. The zero-order chi connectivity index (χ0) is 28.9. The number of piperidine rings is 1. The van der Waals surface area contributed by atoms with Crippen molar-refractivity contribution in [1.82, 2.24) is 24.6 Å². The van der Waals surface area contributed by atoms with Crippen molar-refractivity contribution in [3.63, 3.8) is 0 Å². The molecular weight excluding hydrogens is 550 g/mol. The lowest BCUT2D eigenvalue weighted by Crippen LogP contribution is -2.41. The molecule has 3 N–H and O–H groups in total. The number of ether oxygens (including phenoxy) is 1. The number of carbonyl (C=O) groups excluding carboxylic acids is 1. The molecule has 0 spiro atoms. The van der Waals surface area contributed by atoms with Gasteiger partial charge in [0.2, 0.25) is 5.88 Å². The highest BCUT2D eigenvalue weighted by Crippen LogP contribution is 2.39. The number of halogens is 4. The Hall–Kier alpha value is -3.70. The SMILES string of the molecule is CNC(=O)c1ccc(NCC#Cc2nc3c(NC[C@@H]4CCN(C)C[C@@H]4F)cccn3c2SC(F)(F)F)c(OC)n1. The predicted octanol–water partition coefficient (Wildman–Crippen LogP) is 3.87. The molecule has 214 valence electrons. The highest BCUT2D eigenvalue weighted by atomic mass is 32.2. The summed E-state index contributed by atoms with van der Waals surface area (Å²) in [6, 6.07) is 6.41. The Kier molecular flexibility index (Phi) is 9.26. The molecule has 0 radical (unpaired) electrons. The smallest absolute Gasteiger partial charge is 0.447 e. The first-order chi connectivity index (χ1) is 19.1. The number of pyridine rings is 2. The maximum Gasteiger partial charge on any atom is 0.447 e. The minimum absolute atomic E-state index is 0.0407. The first kappa shape index (κ1) is 29.3. The van der Waals surface area contributed by atoms with Crippen LogP contribution in [0.15, 0.2) is 35.5 Å². The normalized spacial score (nSPS) is 17.7. The Morgan fingerprint density at radius 1 is 1.23 bits per heavy atom. The highest BCUT2D eigenvalue weighted by molar-refractivity contribution is 8.00. The largest absolute Gasteiger partial charge is 0.480 e. The molecule has 1 saturated heterocycles. The molecule has 1 aliphatic rings. The number of nitrogens with zero attached hydrogens (tertiary/aromatic N) is 4. The number of rotatable bonds is 8. The van der Waals surface area contributed by atoms with Crippen LogP contribution in [0.3, 0.4) is 0 Å². The number of imidazole rings is 1. The number of methoxy groups -OCH3 is 1. The van der Waals surface area contributed by atoms with Gasteiger partial charge in [-0.2, -0.15) is 13.2 Å². The molecule has 4 rings (SSSR count). The molecule has 40 heavy (non-hydrogen) atoms. The van der Waals surface area contributed by atoms with Crippen LogP contribution in [0.5, 0.6) is 5.88 Å². The van der Waals surface area contributed by atoms with Crippen LogP contribution < -0.4 is 20.7 Å². The lowest BCUT2D eigenvalue weighted by Gasteiger charge is -2.32. The van der Waals surface area contributed by atoms with Gasteiger partial charge < -0.3 is 25.6 Å². The number of hydrogen-bond acceptors (Lipinski definition) is 8. The molecule has 0 saturated carbocycles. The van der Waals surface area contributed by atoms with Crippen LogP contribution >= 0.6 is 11.8 Å². The van der Waals surface area contributed by atoms with E-state index in [1.54, 1.807) is 18.2 Å². The Morgan fingerprint density at radius 3 is 2.73 bits per heavy atom. The Balaban J connectivity index is 1.55. The highest BCUT2D eigenvalue weighted by Gasteiger charge is 2.33. The van der Waals surface area contributed by atoms with Crippen molar-refractivity contribution in [2.45, 2.75) is 23.1 Å². The standard InChI is InChI=1S/C26H29F4N7O2S/c1-31-23(38)19-8-9-20(24(35-19)39-3)32-11-4-6-21-25(40-26(28,29)30)37-12-5-7-18(22(37)34-21)33-14-16-10-13-36(2)15-17(16)27/h5,7-9,12,16-17,32-33H,10-11,13-15H2,1-3H3,(H,31,38)/t16-,17-/m0/s1. The van der Waals surface area contributed by atoms with Crippen LogP contribution in [0.25, 0.3) is 5.65 Å². The van der Waals surface area contributed by atoms with Crippen LogP contribution in [-0.2, 0) is 0 Å². The van der Waals surface area contributed by atoms with Crippen molar-refractivity contribution in [2.24, 2.45) is 5.92 Å². The summed E-state index contributed by atoms with van der Waals surface area (Å²) >= 11 is -0.298. The molecule has 0 aromatic carbocycles. The first-order valence-corrected chi connectivity index (χ1v) is 13.2. The molecule has 4 heterocycles. The van der Waals surface area contributed by atoms with E-state index >= 15 is 0 Å². The van der Waals surface area contributed by atoms with Gasteiger partial charge in [-0.1, -0.05) is 5.92 Å². The zero-order valence-corrected chi connectivity index (χ0v) is 22.9. The van der Waals surface area contributed by atoms with Gasteiger partial charge in [0.25, 0.3) is 5.91 Å². The van der Waals surface area contributed by atoms with Gasteiger partial charge >= 0.3 is 5.51 Å². The van der Waals surface area contributed by atoms with E-state index < -0.39 is 11.7 Å². The molecule has 1 amide bonds. The van der Waals surface area contributed by atoms with Gasteiger partial charge in [-0.15, -0.1) is 0 Å². The molecule has 3 aromatic heterocycles. The molecule has 0 unspecified atom stereocenters. The molecule has 1 aliphatic heterocycles. The average Bonchev–Trinajstić information content (AvgIpc) is 3.26. The molecule has 0 bridgehead atoms. The van der Waals surface area contributed by atoms with Gasteiger partial charge in [0.05, 0.1) is 25.0 Å². The fourth-order valence-corrected chi connectivity index (χ4v) is 4.96. The Labute approximate surface area is 233 Å². The predicted molar refractivity (Wildman–Crippen MR) is 146 cm³/mol.